The van der Waals surface area contributed by atoms with Gasteiger partial charge in [-0.05, 0) is 25.0 Å². The highest BCUT2D eigenvalue weighted by molar-refractivity contribution is 7.99. The molecule has 0 aromatic heterocycles. The van der Waals surface area contributed by atoms with E-state index in [1.807, 2.05) is 35.2 Å². The Kier molecular flexibility index (Phi) is 6.15. The van der Waals surface area contributed by atoms with Gasteiger partial charge in [0.25, 0.3) is 0 Å². The van der Waals surface area contributed by atoms with E-state index < -0.39 is 0 Å². The molecule has 0 radical (unpaired) electrons. The molecule has 0 spiro atoms. The van der Waals surface area contributed by atoms with Crippen molar-refractivity contribution in [1.82, 2.24) is 9.80 Å². The average Bonchev–Trinajstić information content (AvgIpc) is 3.46. The first-order valence-electron chi connectivity index (χ1n) is 8.81. The van der Waals surface area contributed by atoms with Gasteiger partial charge in [-0.2, -0.15) is 0 Å². The number of hydrogen-bond donors (Lipinski definition) is 1. The summed E-state index contributed by atoms with van der Waals surface area (Å²) >= 11 is 1.66. The fourth-order valence-corrected chi connectivity index (χ4v) is 3.70. The zero-order valence-corrected chi connectivity index (χ0v) is 15.3. The van der Waals surface area contributed by atoms with Crippen molar-refractivity contribution in [2.24, 2.45) is 5.92 Å². The number of nitrogens with one attached hydrogen (secondary N) is 1. The van der Waals surface area contributed by atoms with Crippen LogP contribution >= 0.6 is 11.8 Å². The van der Waals surface area contributed by atoms with Gasteiger partial charge in [-0.25, -0.2) is 0 Å². The van der Waals surface area contributed by atoms with Crippen LogP contribution in [0, 0.1) is 5.92 Å². The molecule has 1 aliphatic carbocycles. The molecule has 1 aromatic carbocycles. The average molecular weight is 359 g/mol. The smallest absolute Gasteiger partial charge is 0.238 e. The highest BCUT2D eigenvalue weighted by atomic mass is 32.2. The number of thioether (sulfide) groups is 1. The number of anilines is 1. The van der Waals surface area contributed by atoms with Crippen LogP contribution in [0.4, 0.5) is 5.69 Å². The minimum absolute atomic E-state index is 0.00591. The van der Waals surface area contributed by atoms with Crippen LogP contribution in [0.3, 0.4) is 0 Å². The number of hydrogen-bond acceptors (Lipinski definition) is 4. The molecule has 1 aliphatic heterocycles. The van der Waals surface area contributed by atoms with Crippen LogP contribution in [0.25, 0.3) is 0 Å². The van der Waals surface area contributed by atoms with Gasteiger partial charge >= 0.3 is 0 Å². The van der Waals surface area contributed by atoms with E-state index in [0.717, 1.165) is 55.4 Å². The second-order valence-electron chi connectivity index (χ2n) is 6.52. The second-order valence-corrected chi connectivity index (χ2v) is 7.58. The Labute approximate surface area is 153 Å². The zero-order chi connectivity index (χ0) is 17.6. The van der Waals surface area contributed by atoms with Crippen LogP contribution in [-0.2, 0) is 9.59 Å². The molecule has 25 heavy (non-hydrogen) atoms. The maximum Gasteiger partial charge on any atom is 0.238 e. The van der Waals surface area contributed by atoms with Crippen LogP contribution in [0.15, 0.2) is 41.8 Å². The van der Waals surface area contributed by atoms with Gasteiger partial charge in [-0.1, -0.05) is 18.2 Å². The summed E-state index contributed by atoms with van der Waals surface area (Å²) in [7, 11) is 0. The third-order valence-electron chi connectivity index (χ3n) is 4.50. The van der Waals surface area contributed by atoms with Crippen LogP contribution < -0.4 is 5.32 Å². The molecule has 1 aromatic rings. The lowest BCUT2D eigenvalue weighted by Crippen LogP contribution is -2.50. The number of carbonyl (C=O) groups is 2. The van der Waals surface area contributed by atoms with E-state index in [9.17, 15) is 9.59 Å². The van der Waals surface area contributed by atoms with Crippen LogP contribution in [0.2, 0.25) is 0 Å². The van der Waals surface area contributed by atoms with Gasteiger partial charge < -0.3 is 10.2 Å². The number of amides is 2. The molecule has 5 nitrogen and oxygen atoms in total. The van der Waals surface area contributed by atoms with E-state index in [4.69, 9.17) is 0 Å². The molecular formula is C19H25N3O2S. The topological polar surface area (TPSA) is 52.7 Å². The van der Waals surface area contributed by atoms with Gasteiger partial charge in [0, 0.05) is 42.7 Å². The Morgan fingerprint density at radius 3 is 2.60 bits per heavy atom. The lowest BCUT2D eigenvalue weighted by Gasteiger charge is -2.34. The number of carbonyl (C=O) groups excluding carboxylic acids is 2. The van der Waals surface area contributed by atoms with Crippen molar-refractivity contribution >= 4 is 29.3 Å². The maximum atomic E-state index is 12.4. The third-order valence-corrected chi connectivity index (χ3v) is 5.56. The van der Waals surface area contributed by atoms with E-state index in [0.29, 0.717) is 12.5 Å². The maximum absolute atomic E-state index is 12.4. The summed E-state index contributed by atoms with van der Waals surface area (Å²) in [5, 5.41) is 3.01. The highest BCUT2D eigenvalue weighted by Crippen LogP contribution is 2.31. The molecular weight excluding hydrogens is 334 g/mol. The first kappa shape index (κ1) is 18.0. The quantitative estimate of drug-likeness (QED) is 0.600. The second kappa shape index (κ2) is 8.54. The largest absolute Gasteiger partial charge is 0.340 e. The third kappa shape index (κ3) is 5.09. The van der Waals surface area contributed by atoms with E-state index in [2.05, 4.69) is 16.8 Å². The molecule has 2 fully saturated rings. The number of piperazine rings is 1. The van der Waals surface area contributed by atoms with Crippen molar-refractivity contribution in [3.05, 3.63) is 36.9 Å². The summed E-state index contributed by atoms with van der Waals surface area (Å²) in [4.78, 5) is 29.6. The van der Waals surface area contributed by atoms with E-state index in [-0.39, 0.29) is 11.8 Å². The predicted octanol–water partition coefficient (Wildman–Crippen LogP) is 2.46. The molecule has 1 N–H and O–H groups in total. The summed E-state index contributed by atoms with van der Waals surface area (Å²) in [6.07, 6.45) is 3.95. The first-order valence-corrected chi connectivity index (χ1v) is 9.79. The summed E-state index contributed by atoms with van der Waals surface area (Å²) in [6, 6.07) is 7.83. The van der Waals surface area contributed by atoms with Crippen LogP contribution in [0.1, 0.15) is 12.8 Å². The summed E-state index contributed by atoms with van der Waals surface area (Å²) < 4.78 is 0. The molecule has 2 aliphatic rings. The van der Waals surface area contributed by atoms with Gasteiger partial charge in [0.15, 0.2) is 0 Å². The zero-order valence-electron chi connectivity index (χ0n) is 14.4. The fraction of sp³-hybridized carbons (Fsp3) is 0.474. The molecule has 1 heterocycles. The van der Waals surface area contributed by atoms with Crippen molar-refractivity contribution in [3.63, 3.8) is 0 Å². The van der Waals surface area contributed by atoms with Gasteiger partial charge in [0.05, 0.1) is 12.2 Å². The SMILES string of the molecule is C=CCSc1ccccc1NC(=O)CN1CCN(C(=O)C2CC2)CC1. The molecule has 6 heteroatoms. The van der Waals surface area contributed by atoms with Gasteiger partial charge in [0.1, 0.15) is 0 Å². The molecule has 0 unspecified atom stereocenters. The van der Waals surface area contributed by atoms with Crippen molar-refractivity contribution in [2.45, 2.75) is 17.7 Å². The molecule has 1 saturated carbocycles. The Morgan fingerprint density at radius 2 is 1.92 bits per heavy atom. The molecule has 3 rings (SSSR count). The number of nitrogens with zero attached hydrogens (tertiary/aromatic N) is 2. The minimum atomic E-state index is -0.00591. The van der Waals surface area contributed by atoms with Crippen LogP contribution in [0.5, 0.6) is 0 Å². The monoisotopic (exact) mass is 359 g/mol. The molecule has 1 saturated heterocycles. The highest BCUT2D eigenvalue weighted by Gasteiger charge is 2.34. The van der Waals surface area contributed by atoms with E-state index in [1.54, 1.807) is 11.8 Å². The lowest BCUT2D eigenvalue weighted by molar-refractivity contribution is -0.134. The number of benzene rings is 1. The van der Waals surface area contributed by atoms with Crippen LogP contribution in [-0.4, -0.2) is 60.1 Å². The van der Waals surface area contributed by atoms with E-state index in [1.165, 1.54) is 0 Å². The normalized spacial score (nSPS) is 18.0. The fourth-order valence-electron chi connectivity index (χ4n) is 2.95. The van der Waals surface area contributed by atoms with Crippen molar-refractivity contribution in [2.75, 3.05) is 43.8 Å². The molecule has 2 amide bonds. The summed E-state index contributed by atoms with van der Waals surface area (Å²) in [5.74, 6) is 1.38. The lowest BCUT2D eigenvalue weighted by atomic mass is 10.2. The Morgan fingerprint density at radius 1 is 1.20 bits per heavy atom. The summed E-state index contributed by atoms with van der Waals surface area (Å²) in [5.41, 5.74) is 0.849. The predicted molar refractivity (Wildman–Crippen MR) is 102 cm³/mol. The Hall–Kier alpha value is -1.79. The van der Waals surface area contributed by atoms with Gasteiger partial charge in [0.2, 0.25) is 11.8 Å². The Balaban J connectivity index is 1.47. The van der Waals surface area contributed by atoms with Gasteiger partial charge in [-0.15, -0.1) is 18.3 Å². The Bertz CT molecular complexity index is 637. The molecule has 0 atom stereocenters. The first-order chi connectivity index (χ1) is 12.2. The molecule has 134 valence electrons. The minimum Gasteiger partial charge on any atom is -0.340 e. The number of rotatable bonds is 7. The van der Waals surface area contributed by atoms with Gasteiger partial charge in [-0.3, -0.25) is 14.5 Å². The summed E-state index contributed by atoms with van der Waals surface area (Å²) in [6.45, 7) is 7.09. The van der Waals surface area contributed by atoms with Crippen molar-refractivity contribution in [1.29, 1.82) is 0 Å². The van der Waals surface area contributed by atoms with Crippen molar-refractivity contribution < 1.29 is 9.59 Å². The number of para-hydroxylation sites is 1. The standard InChI is InChI=1S/C19H25N3O2S/c1-2-13-25-17-6-4-3-5-16(17)20-18(23)14-21-9-11-22(12-10-21)19(24)15-7-8-15/h2-6,15H,1,7-14H2,(H,20,23). The molecule has 0 bridgehead atoms. The van der Waals surface area contributed by atoms with E-state index >= 15 is 0 Å². The van der Waals surface area contributed by atoms with Crippen molar-refractivity contribution in [3.8, 4) is 0 Å².